The van der Waals surface area contributed by atoms with Gasteiger partial charge < -0.3 is 5.73 Å². The van der Waals surface area contributed by atoms with Gasteiger partial charge in [-0.15, -0.1) is 11.3 Å². The molecule has 0 radical (unpaired) electrons. The van der Waals surface area contributed by atoms with E-state index in [0.29, 0.717) is 0 Å². The summed E-state index contributed by atoms with van der Waals surface area (Å²) in [5, 5.41) is 7.06. The lowest BCUT2D eigenvalue weighted by atomic mass is 10.3. The van der Waals surface area contributed by atoms with Crippen LogP contribution in [0.15, 0.2) is 10.5 Å². The lowest BCUT2D eigenvalue weighted by Gasteiger charge is -1.97. The summed E-state index contributed by atoms with van der Waals surface area (Å²) in [6, 6.07) is 0. The molecule has 0 fully saturated rings. The van der Waals surface area contributed by atoms with Gasteiger partial charge in [0.1, 0.15) is 0 Å². The lowest BCUT2D eigenvalue weighted by Crippen LogP contribution is -2.25. The average Bonchev–Trinajstić information content (AvgIpc) is 2.47. The van der Waals surface area contributed by atoms with Crippen molar-refractivity contribution in [3.05, 3.63) is 16.1 Å². The normalized spacial score (nSPS) is 11.4. The van der Waals surface area contributed by atoms with Gasteiger partial charge in [0.2, 0.25) is 0 Å². The van der Waals surface area contributed by atoms with Gasteiger partial charge in [-0.2, -0.15) is 5.10 Å². The van der Waals surface area contributed by atoms with Gasteiger partial charge in [-0.05, 0) is 26.1 Å². The summed E-state index contributed by atoms with van der Waals surface area (Å²) in [7, 11) is 0. The number of nitrogens with zero attached hydrogens (tertiary/aromatic N) is 2. The van der Waals surface area contributed by atoms with Crippen molar-refractivity contribution in [2.75, 3.05) is 0 Å². The van der Waals surface area contributed by atoms with Crippen LogP contribution in [0.2, 0.25) is 0 Å². The molecule has 1 aromatic rings. The molecule has 0 amide bonds. The van der Waals surface area contributed by atoms with Gasteiger partial charge >= 0.3 is 0 Å². The Morgan fingerprint density at radius 1 is 1.77 bits per heavy atom. The maximum Gasteiger partial charge on any atom is 0.184 e. The number of thiocarbonyl (C=S) groups is 1. The van der Waals surface area contributed by atoms with Crippen LogP contribution in [0.25, 0.3) is 0 Å². The Labute approximate surface area is 85.9 Å². The summed E-state index contributed by atoms with van der Waals surface area (Å²) in [6.07, 6.45) is 0. The van der Waals surface area contributed by atoms with E-state index in [1.165, 1.54) is 0 Å². The Morgan fingerprint density at radius 3 is 2.92 bits per heavy atom. The molecule has 0 saturated carbocycles. The molecule has 0 aliphatic rings. The molecule has 6 heteroatoms. The number of aryl methyl sites for hydroxylation is 1. The molecule has 3 N–H and O–H groups in total. The predicted molar refractivity (Wildman–Crippen MR) is 59.0 cm³/mol. The first-order valence-corrected chi connectivity index (χ1v) is 4.90. The molecule has 0 spiro atoms. The van der Waals surface area contributed by atoms with Crippen molar-refractivity contribution in [1.29, 1.82) is 0 Å². The van der Waals surface area contributed by atoms with Crippen molar-refractivity contribution in [3.63, 3.8) is 0 Å². The topological polar surface area (TPSA) is 63.3 Å². The molecular weight excluding hydrogens is 204 g/mol. The molecule has 0 aromatic carbocycles. The molecule has 0 unspecified atom stereocenters. The first kappa shape index (κ1) is 10.1. The Hall–Kier alpha value is -1.01. The molecule has 0 aliphatic heterocycles. The first-order chi connectivity index (χ1) is 6.09. The van der Waals surface area contributed by atoms with Gasteiger partial charge in [0.05, 0.1) is 16.4 Å². The predicted octanol–water partition coefficient (Wildman–Crippen LogP) is 1.01. The van der Waals surface area contributed by atoms with E-state index in [4.69, 9.17) is 5.73 Å². The number of nitrogens with one attached hydrogen (secondary N) is 1. The second-order valence-electron chi connectivity index (χ2n) is 2.43. The average molecular weight is 214 g/mol. The van der Waals surface area contributed by atoms with E-state index in [0.717, 1.165) is 16.4 Å². The number of hydrogen-bond acceptors (Lipinski definition) is 4. The minimum atomic E-state index is 0.159. The third kappa shape index (κ3) is 3.08. The zero-order chi connectivity index (χ0) is 9.84. The smallest absolute Gasteiger partial charge is 0.184 e. The Balaban J connectivity index is 2.72. The van der Waals surface area contributed by atoms with Gasteiger partial charge in [-0.1, -0.05) is 0 Å². The van der Waals surface area contributed by atoms with Crippen molar-refractivity contribution in [2.45, 2.75) is 13.8 Å². The number of hydrazone groups is 1. The molecule has 70 valence electrons. The van der Waals surface area contributed by atoms with Crippen LogP contribution >= 0.6 is 23.6 Å². The van der Waals surface area contributed by atoms with Crippen LogP contribution < -0.4 is 11.2 Å². The highest BCUT2D eigenvalue weighted by Crippen LogP contribution is 2.08. The fourth-order valence-corrected chi connectivity index (χ4v) is 1.43. The summed E-state index contributed by atoms with van der Waals surface area (Å²) >= 11 is 6.19. The molecule has 1 heterocycles. The van der Waals surface area contributed by atoms with Crippen LogP contribution in [-0.4, -0.2) is 15.8 Å². The molecule has 13 heavy (non-hydrogen) atoms. The van der Waals surface area contributed by atoms with E-state index in [2.05, 4.69) is 27.7 Å². The van der Waals surface area contributed by atoms with Crippen molar-refractivity contribution < 1.29 is 0 Å². The maximum atomic E-state index is 5.22. The highest BCUT2D eigenvalue weighted by atomic mass is 32.1. The van der Waals surface area contributed by atoms with Crippen molar-refractivity contribution in [1.82, 2.24) is 10.4 Å². The zero-order valence-corrected chi connectivity index (χ0v) is 9.00. The van der Waals surface area contributed by atoms with E-state index < -0.39 is 0 Å². The summed E-state index contributed by atoms with van der Waals surface area (Å²) in [5.41, 5.74) is 9.36. The third-order valence-corrected chi connectivity index (χ3v) is 2.19. The number of nitrogens with two attached hydrogens (primary N) is 1. The van der Waals surface area contributed by atoms with Crippen molar-refractivity contribution in [3.8, 4) is 0 Å². The largest absolute Gasteiger partial charge is 0.375 e. The number of thiazole rings is 1. The summed E-state index contributed by atoms with van der Waals surface area (Å²) in [4.78, 5) is 4.25. The van der Waals surface area contributed by atoms with E-state index in [9.17, 15) is 0 Å². The fourth-order valence-electron chi connectivity index (χ4n) is 0.726. The second-order valence-corrected chi connectivity index (χ2v) is 3.93. The van der Waals surface area contributed by atoms with Crippen LogP contribution in [0.5, 0.6) is 0 Å². The Kier molecular flexibility index (Phi) is 3.32. The standard InChI is InChI=1S/C7H10N4S2/c1-4(10-11-7(8)12)6-3-13-5(2)9-6/h3H,1-2H3,(H3,8,11,12). The minimum absolute atomic E-state index is 0.159. The van der Waals surface area contributed by atoms with Crippen molar-refractivity contribution in [2.24, 2.45) is 10.8 Å². The minimum Gasteiger partial charge on any atom is -0.375 e. The number of rotatable bonds is 2. The van der Waals surface area contributed by atoms with E-state index in [1.54, 1.807) is 11.3 Å². The Morgan fingerprint density at radius 2 is 2.46 bits per heavy atom. The van der Waals surface area contributed by atoms with Gasteiger partial charge in [0.15, 0.2) is 5.11 Å². The van der Waals surface area contributed by atoms with E-state index in [-0.39, 0.29) is 5.11 Å². The summed E-state index contributed by atoms with van der Waals surface area (Å²) in [6.45, 7) is 3.79. The molecule has 0 saturated heterocycles. The van der Waals surface area contributed by atoms with Gasteiger partial charge in [-0.3, -0.25) is 5.43 Å². The number of aromatic nitrogens is 1. The maximum absolute atomic E-state index is 5.22. The molecule has 4 nitrogen and oxygen atoms in total. The van der Waals surface area contributed by atoms with Gasteiger partial charge in [0, 0.05) is 5.38 Å². The lowest BCUT2D eigenvalue weighted by molar-refractivity contribution is 1.02. The van der Waals surface area contributed by atoms with E-state index in [1.807, 2.05) is 19.2 Å². The summed E-state index contributed by atoms with van der Waals surface area (Å²) in [5.74, 6) is 0. The Bertz CT molecular complexity index is 342. The molecule has 1 rings (SSSR count). The van der Waals surface area contributed by atoms with Crippen molar-refractivity contribution >= 4 is 34.4 Å². The molecule has 0 bridgehead atoms. The van der Waals surface area contributed by atoms with E-state index >= 15 is 0 Å². The first-order valence-electron chi connectivity index (χ1n) is 3.62. The monoisotopic (exact) mass is 214 g/mol. The summed E-state index contributed by atoms with van der Waals surface area (Å²) < 4.78 is 0. The molecule has 1 aromatic heterocycles. The fraction of sp³-hybridized carbons (Fsp3) is 0.286. The van der Waals surface area contributed by atoms with Crippen LogP contribution in [0, 0.1) is 6.92 Å². The van der Waals surface area contributed by atoms with Gasteiger partial charge in [-0.25, -0.2) is 4.98 Å². The quantitative estimate of drug-likeness (QED) is 0.438. The van der Waals surface area contributed by atoms with Crippen LogP contribution in [0.4, 0.5) is 0 Å². The van der Waals surface area contributed by atoms with Crippen LogP contribution in [-0.2, 0) is 0 Å². The second kappa shape index (κ2) is 4.29. The molecule has 0 aliphatic carbocycles. The SMILES string of the molecule is CC(=NNC(N)=S)c1csc(C)n1. The van der Waals surface area contributed by atoms with Gasteiger partial charge in [0.25, 0.3) is 0 Å². The van der Waals surface area contributed by atoms with Crippen LogP contribution in [0.1, 0.15) is 17.6 Å². The zero-order valence-electron chi connectivity index (χ0n) is 7.37. The number of hydrogen-bond donors (Lipinski definition) is 2. The third-order valence-electron chi connectivity index (χ3n) is 1.32. The molecular formula is C7H10N4S2. The van der Waals surface area contributed by atoms with Crippen LogP contribution in [0.3, 0.4) is 0 Å². The highest BCUT2D eigenvalue weighted by Gasteiger charge is 2.01. The molecule has 0 atom stereocenters. The highest BCUT2D eigenvalue weighted by molar-refractivity contribution is 7.80.